The second kappa shape index (κ2) is 76.8. The van der Waals surface area contributed by atoms with Crippen LogP contribution in [0.5, 0.6) is 0 Å². The first kappa shape index (κ1) is 125. The molecule has 8 N–H and O–H groups in total. The average molecular weight is 1570 g/mol. The van der Waals surface area contributed by atoms with Gasteiger partial charge in [0.15, 0.2) is 0 Å². The van der Waals surface area contributed by atoms with Gasteiger partial charge in [0, 0.05) is 171 Å². The first-order valence-electron chi connectivity index (χ1n) is 28.1. The summed E-state index contributed by atoms with van der Waals surface area (Å²) in [5.41, 5.74) is 11.0. The molecule has 5 aromatic rings. The molecule has 0 aromatic carbocycles. The number of carbonyl (C=O) groups excluding carboxylic acids is 2. The maximum absolute atomic E-state index is 12.0. The number of nitrogens with zero attached hydrogens (tertiary/aromatic N) is 3. The van der Waals surface area contributed by atoms with E-state index in [0.29, 0.717) is 61.6 Å². The van der Waals surface area contributed by atoms with Crippen LogP contribution in [0.25, 0.3) is 22.1 Å². The number of aliphatic carboxylic acids is 1. The zero-order chi connectivity index (χ0) is 81.1. The van der Waals surface area contributed by atoms with Crippen LogP contribution in [0, 0.1) is 28.1 Å². The summed E-state index contributed by atoms with van der Waals surface area (Å²) in [5.74, 6) is 6.52. The van der Waals surface area contributed by atoms with Crippen LogP contribution in [0.3, 0.4) is 0 Å². The van der Waals surface area contributed by atoms with Crippen molar-refractivity contribution in [3.63, 3.8) is 0 Å². The second-order valence-electron chi connectivity index (χ2n) is 22.6. The van der Waals surface area contributed by atoms with E-state index in [-0.39, 0.29) is 74.6 Å². The summed E-state index contributed by atoms with van der Waals surface area (Å²) in [7, 11) is -4.67. The third-order valence-corrected chi connectivity index (χ3v) is 11.1. The smallest absolute Gasteiger partial charge is 0.850 e. The number of nitrogens with two attached hydrogens (primary N) is 1. The van der Waals surface area contributed by atoms with E-state index in [9.17, 15) is 19.5 Å². The fourth-order valence-corrected chi connectivity index (χ4v) is 6.60. The molecule has 19 nitrogen and oxygen atoms in total. The van der Waals surface area contributed by atoms with Crippen molar-refractivity contribution in [2.75, 3.05) is 38.8 Å². The van der Waals surface area contributed by atoms with Crippen molar-refractivity contribution in [3.05, 3.63) is 82.6 Å². The van der Waals surface area contributed by atoms with Crippen LogP contribution in [0.15, 0.2) is 48.9 Å². The van der Waals surface area contributed by atoms with Crippen LogP contribution in [-0.2, 0) is 51.8 Å². The number of aliphatic hydroxyl groups excluding tert-OH is 1. The molecule has 0 atom stereocenters. The fourth-order valence-electron chi connectivity index (χ4n) is 6.60. The first-order chi connectivity index (χ1) is 46.3. The monoisotopic (exact) mass is 1560 g/mol. The molecule has 6 heterocycles. The molecule has 6 rings (SSSR count). The van der Waals surface area contributed by atoms with Crippen molar-refractivity contribution in [1.82, 2.24) is 24.9 Å². The Balaban J connectivity index is -0.0000000831. The van der Waals surface area contributed by atoms with E-state index >= 15 is 0 Å². The molecule has 0 bridgehead atoms. The zero-order valence-corrected chi connectivity index (χ0v) is 63.1. The standard InChI is InChI=1S/2C17H24N2O2.C15H20N2O2.C4H8O.C4H9O.C2H6O.10F2.FH.K.H2O4S/c1-6-21-16(20)17(4,5)9-14-8-12-7-13(11(2)3)10-18-15(12)19-14;1-6-21-16(20)17(4,5)9-7-8-13-10-14(12(2)3)11-19-15(13)18;1-9(2)11-5-10-6-12(17-13(10)16-8-11)7-15(3,4)14(18)19;1-2-4-5-3-1;1-4(2,3)5;1-2-3;10*1-2;;;1-5(2,3)4/h7-8,10-11H,6,9H2,1-5H3,(H,18,19);10-12H,6,9H2,1-5H3,(H2,18,19);5-6,8-9H,7H2,1-4H3,(H,16,17)(H,18,19);1-4H2;1-3H3;3H,2H2,1H3;;;;;;;;;;;1H;;(H2,1,2,3,4)/q;;;;-1;;;;;;;;;;;;;+1;. The van der Waals surface area contributed by atoms with Crippen LogP contribution >= 0.6 is 0 Å². The number of halogens is 21. The van der Waals surface area contributed by atoms with Gasteiger partial charge in [0.25, 0.3) is 0 Å². The van der Waals surface area contributed by atoms with E-state index in [1.807, 2.05) is 59.1 Å². The number of H-pyrrole nitrogens is 2. The normalized spacial score (nSPS) is 10.2. The number of carboxylic acids is 1. The Morgan fingerprint density at radius 1 is 0.574 bits per heavy atom. The number of nitrogens with one attached hydrogen (secondary N) is 2. The van der Waals surface area contributed by atoms with Gasteiger partial charge in [0.05, 0.1) is 35.0 Å². The van der Waals surface area contributed by atoms with Crippen molar-refractivity contribution in [1.29, 1.82) is 0 Å². The number of pyridine rings is 3. The summed E-state index contributed by atoms with van der Waals surface area (Å²) in [6.45, 7) is 36.9. The summed E-state index contributed by atoms with van der Waals surface area (Å²) >= 11 is 0. The number of esters is 2. The van der Waals surface area contributed by atoms with E-state index in [4.69, 9.17) is 139 Å². The molecule has 592 valence electrons. The molecule has 5 aromatic heterocycles. The number of aromatic nitrogens is 5. The van der Waals surface area contributed by atoms with Gasteiger partial charge in [0.2, 0.25) is 0 Å². The van der Waals surface area contributed by atoms with Gasteiger partial charge in [0.1, 0.15) is 17.1 Å². The number of aromatic amines is 2. The molecule has 0 unspecified atom stereocenters. The number of carbonyl (C=O) groups is 3. The Hall–Kier alpha value is -5.78. The van der Waals surface area contributed by atoms with Gasteiger partial charge in [-0.2, -0.15) is 8.42 Å². The van der Waals surface area contributed by atoms with E-state index in [0.717, 1.165) is 52.2 Å². The van der Waals surface area contributed by atoms with E-state index < -0.39 is 38.2 Å². The van der Waals surface area contributed by atoms with E-state index in [2.05, 4.69) is 96.5 Å². The third-order valence-electron chi connectivity index (χ3n) is 11.1. The summed E-state index contributed by atoms with van der Waals surface area (Å²) in [4.78, 5) is 54.4. The predicted molar refractivity (Wildman–Crippen MR) is 336 cm³/mol. The Kier molecular flexibility index (Phi) is 95.1. The minimum atomic E-state index is -4.67. The van der Waals surface area contributed by atoms with Gasteiger partial charge in [-0.3, -0.25) is 28.2 Å². The molecular weight excluding hydrogens is 1470 g/mol. The summed E-state index contributed by atoms with van der Waals surface area (Å²) < 4.78 is 207. The Bertz CT molecular complexity index is 2870. The molecule has 0 spiro atoms. The van der Waals surface area contributed by atoms with E-state index in [1.54, 1.807) is 54.7 Å². The van der Waals surface area contributed by atoms with Gasteiger partial charge < -0.3 is 45.2 Å². The van der Waals surface area contributed by atoms with Crippen LogP contribution in [-0.4, -0.2) is 109 Å². The van der Waals surface area contributed by atoms with Gasteiger partial charge >= 0.3 is 79.7 Å². The molecule has 42 heteroatoms. The van der Waals surface area contributed by atoms with Gasteiger partial charge in [-0.25, -0.2) is 15.0 Å². The summed E-state index contributed by atoms with van der Waals surface area (Å²) in [6, 6.07) is 10.3. The minimum Gasteiger partial charge on any atom is -0.850 e. The summed E-state index contributed by atoms with van der Waals surface area (Å²) in [5, 5.41) is 29.0. The Labute approximate surface area is 615 Å². The largest absolute Gasteiger partial charge is 1.00 e. The molecule has 1 saturated heterocycles. The van der Waals surface area contributed by atoms with Gasteiger partial charge in [-0.15, -0.1) is 5.60 Å². The van der Waals surface area contributed by atoms with Crippen LogP contribution < -0.4 is 62.2 Å². The molecule has 0 aliphatic carbocycles. The Morgan fingerprint density at radius 2 is 0.851 bits per heavy atom. The van der Waals surface area contributed by atoms with Crippen molar-refractivity contribution in [3.8, 4) is 11.8 Å². The molecule has 0 radical (unpaired) electrons. The van der Waals surface area contributed by atoms with Crippen LogP contribution in [0.2, 0.25) is 0 Å². The number of carboxylic acid groups (broad SMARTS) is 1. The molecule has 0 amide bonds. The fraction of sp³-hybridized carbons (Fsp3) is 0.593. The van der Waals surface area contributed by atoms with Crippen molar-refractivity contribution in [2.24, 2.45) is 16.2 Å². The third kappa shape index (κ3) is 69.7. The molecule has 1 aliphatic heterocycles. The number of anilines is 1. The number of rotatable bonds is 13. The van der Waals surface area contributed by atoms with Crippen molar-refractivity contribution < 1.29 is 209 Å². The SMILES string of the molecule is C1CCOC1.CC(C)(C)[O-].CC(C)c1cnc2[nH]c(CC(C)(C)C(=O)O)cc2c1.CCO.CCOC(=O)C(C)(C)CC#Cc1cc(C(C)C)cnc1N.CCOC(=O)C(C)(C)Cc1cc2cc(C(C)C)cnc2[nH]1.F.FF.FF.FF.FF.FF.FF.FF.FF.FF.FF.O=S(=O)(O)O.[K+]. The topological polar surface area (TPSA) is 313 Å². The van der Waals surface area contributed by atoms with Crippen LogP contribution in [0.4, 0.5) is 102 Å². The molecule has 101 heavy (non-hydrogen) atoms. The number of aliphatic hydroxyl groups is 1. The number of hydrogen-bond acceptors (Lipinski definition) is 14. The number of ether oxygens (including phenoxy) is 3. The minimum absolute atomic E-state index is 0. The summed E-state index contributed by atoms with van der Waals surface area (Å²) in [6.07, 6.45) is 9.60. The first-order valence-corrected chi connectivity index (χ1v) is 29.5. The molecule has 1 aliphatic rings. The van der Waals surface area contributed by atoms with Crippen LogP contribution in [0.1, 0.15) is 195 Å². The molecular formula is C59H94F21KN6O13S. The van der Waals surface area contributed by atoms with Crippen molar-refractivity contribution in [2.45, 2.75) is 180 Å². The number of fused-ring (bicyclic) bond motifs is 2. The quantitative estimate of drug-likeness (QED) is 0.0189. The Morgan fingerprint density at radius 3 is 1.12 bits per heavy atom. The van der Waals surface area contributed by atoms with Crippen molar-refractivity contribution >= 4 is 56.2 Å². The van der Waals surface area contributed by atoms with Gasteiger partial charge in [-0.1, -0.05) is 74.2 Å². The molecule has 0 saturated carbocycles. The average Bonchev–Trinajstić information content (AvgIpc) is 1.69. The number of hydrogen-bond donors (Lipinski definition) is 7. The maximum Gasteiger partial charge on any atom is 1.00 e. The predicted octanol–water partition coefficient (Wildman–Crippen LogP) is 16.1. The zero-order valence-electron chi connectivity index (χ0n) is 59.2. The van der Waals surface area contributed by atoms with Gasteiger partial charge in [-0.05, 0) is 140 Å². The molecule has 1 fully saturated rings. The number of nitrogen functional groups attached to an aromatic ring is 1. The second-order valence-corrected chi connectivity index (χ2v) is 23.5. The van der Waals surface area contributed by atoms with E-state index in [1.165, 1.54) is 24.0 Å². The maximum atomic E-state index is 12.0.